The molecule has 2 aromatic carbocycles. The Bertz CT molecular complexity index is 1010. The molecular weight excluding hydrogens is 424 g/mol. The molecule has 2 N–H and O–H groups in total. The fourth-order valence-electron chi connectivity index (χ4n) is 2.95. The van der Waals surface area contributed by atoms with Gasteiger partial charge in [0, 0.05) is 24.1 Å². The predicted octanol–water partition coefficient (Wildman–Crippen LogP) is 3.51. The predicted molar refractivity (Wildman–Crippen MR) is 126 cm³/mol. The van der Waals surface area contributed by atoms with E-state index in [1.165, 1.54) is 26.4 Å². The standard InChI is InChI=1S/C25H32N2O6/c1-16-9-7-8-10-17(16)11-12-26-22(28)15-33-23(29)18-13-20(31-5)21(32-6)14-19(18)27-24(30)25(2,3)4/h7-10,13-14H,11-12,15H2,1-6H3,(H,26,28)(H,27,30). The third-order valence-electron chi connectivity index (χ3n) is 4.99. The van der Waals surface area contributed by atoms with E-state index in [9.17, 15) is 14.4 Å². The van der Waals surface area contributed by atoms with Crippen LogP contribution in [0.25, 0.3) is 0 Å². The zero-order valence-electron chi connectivity index (χ0n) is 20.0. The highest BCUT2D eigenvalue weighted by molar-refractivity contribution is 6.03. The van der Waals surface area contributed by atoms with E-state index in [2.05, 4.69) is 10.6 Å². The molecule has 0 spiro atoms. The summed E-state index contributed by atoms with van der Waals surface area (Å²) < 4.78 is 15.7. The normalized spacial score (nSPS) is 10.8. The van der Waals surface area contributed by atoms with Crippen LogP contribution in [0.5, 0.6) is 11.5 Å². The van der Waals surface area contributed by atoms with Crippen molar-refractivity contribution in [3.8, 4) is 11.5 Å². The minimum atomic E-state index is -0.769. The highest BCUT2D eigenvalue weighted by atomic mass is 16.5. The maximum atomic E-state index is 12.8. The summed E-state index contributed by atoms with van der Waals surface area (Å²) in [5.74, 6) is -0.849. The first-order valence-electron chi connectivity index (χ1n) is 10.6. The van der Waals surface area contributed by atoms with E-state index in [0.717, 1.165) is 11.1 Å². The molecule has 0 aromatic heterocycles. The maximum absolute atomic E-state index is 12.8. The Hall–Kier alpha value is -3.55. The number of carbonyl (C=O) groups is 3. The van der Waals surface area contributed by atoms with Crippen LogP contribution in [0, 0.1) is 12.3 Å². The molecule has 0 aliphatic carbocycles. The Morgan fingerprint density at radius 1 is 0.970 bits per heavy atom. The van der Waals surface area contributed by atoms with Crippen LogP contribution in [-0.2, 0) is 20.7 Å². The van der Waals surface area contributed by atoms with E-state index in [4.69, 9.17) is 14.2 Å². The molecule has 0 fully saturated rings. The summed E-state index contributed by atoms with van der Waals surface area (Å²) in [6, 6.07) is 10.8. The molecule has 0 bridgehead atoms. The highest BCUT2D eigenvalue weighted by Gasteiger charge is 2.25. The summed E-state index contributed by atoms with van der Waals surface area (Å²) in [5.41, 5.74) is 1.86. The third-order valence-corrected chi connectivity index (χ3v) is 4.99. The first kappa shape index (κ1) is 25.7. The lowest BCUT2D eigenvalue weighted by Crippen LogP contribution is -2.31. The van der Waals surface area contributed by atoms with E-state index >= 15 is 0 Å². The minimum Gasteiger partial charge on any atom is -0.493 e. The van der Waals surface area contributed by atoms with Crippen molar-refractivity contribution < 1.29 is 28.6 Å². The van der Waals surface area contributed by atoms with Gasteiger partial charge in [-0.1, -0.05) is 45.0 Å². The summed E-state index contributed by atoms with van der Waals surface area (Å²) in [4.78, 5) is 37.4. The van der Waals surface area contributed by atoms with Gasteiger partial charge in [-0.2, -0.15) is 0 Å². The molecule has 8 nitrogen and oxygen atoms in total. The third kappa shape index (κ3) is 7.24. The highest BCUT2D eigenvalue weighted by Crippen LogP contribution is 2.34. The molecule has 0 saturated heterocycles. The van der Waals surface area contributed by atoms with Crippen LogP contribution in [0.4, 0.5) is 5.69 Å². The van der Waals surface area contributed by atoms with Crippen LogP contribution >= 0.6 is 0 Å². The van der Waals surface area contributed by atoms with Gasteiger partial charge in [0.05, 0.1) is 25.5 Å². The second kappa shape index (κ2) is 11.4. The first-order valence-corrected chi connectivity index (χ1v) is 10.6. The van der Waals surface area contributed by atoms with Gasteiger partial charge < -0.3 is 24.8 Å². The van der Waals surface area contributed by atoms with Gasteiger partial charge >= 0.3 is 5.97 Å². The Morgan fingerprint density at radius 2 is 1.61 bits per heavy atom. The topological polar surface area (TPSA) is 103 Å². The monoisotopic (exact) mass is 456 g/mol. The number of aryl methyl sites for hydroxylation is 1. The lowest BCUT2D eigenvalue weighted by molar-refractivity contribution is -0.124. The maximum Gasteiger partial charge on any atom is 0.340 e. The van der Waals surface area contributed by atoms with Gasteiger partial charge in [0.2, 0.25) is 5.91 Å². The van der Waals surface area contributed by atoms with E-state index in [0.29, 0.717) is 24.5 Å². The summed E-state index contributed by atoms with van der Waals surface area (Å²) >= 11 is 0. The number of amides is 2. The smallest absolute Gasteiger partial charge is 0.340 e. The minimum absolute atomic E-state index is 0.0537. The average molecular weight is 457 g/mol. The molecule has 2 aromatic rings. The molecule has 8 heteroatoms. The molecule has 0 saturated carbocycles. The van der Waals surface area contributed by atoms with Crippen molar-refractivity contribution in [1.82, 2.24) is 5.32 Å². The fraction of sp³-hybridized carbons (Fsp3) is 0.400. The molecule has 2 rings (SSSR count). The molecule has 0 aliphatic heterocycles. The van der Waals surface area contributed by atoms with Crippen molar-refractivity contribution in [2.75, 3.05) is 32.7 Å². The number of hydrogen-bond donors (Lipinski definition) is 2. The van der Waals surface area contributed by atoms with Crippen molar-refractivity contribution in [2.24, 2.45) is 5.41 Å². The van der Waals surface area contributed by atoms with Gasteiger partial charge in [-0.05, 0) is 24.5 Å². The molecule has 0 heterocycles. The number of benzene rings is 2. The van der Waals surface area contributed by atoms with Gasteiger partial charge in [-0.3, -0.25) is 9.59 Å². The van der Waals surface area contributed by atoms with Crippen LogP contribution in [0.3, 0.4) is 0 Å². The number of carbonyl (C=O) groups excluding carboxylic acids is 3. The molecular formula is C25H32N2O6. The number of rotatable bonds is 9. The Balaban J connectivity index is 2.06. The molecule has 0 radical (unpaired) electrons. The molecule has 33 heavy (non-hydrogen) atoms. The zero-order chi connectivity index (χ0) is 24.6. The van der Waals surface area contributed by atoms with Crippen molar-refractivity contribution in [3.05, 3.63) is 53.1 Å². The van der Waals surface area contributed by atoms with Crippen molar-refractivity contribution in [1.29, 1.82) is 0 Å². The van der Waals surface area contributed by atoms with Gasteiger partial charge in [0.25, 0.3) is 5.91 Å². The van der Waals surface area contributed by atoms with Crippen LogP contribution in [-0.4, -0.2) is 45.2 Å². The summed E-state index contributed by atoms with van der Waals surface area (Å²) in [6.07, 6.45) is 0.672. The molecule has 0 unspecified atom stereocenters. The van der Waals surface area contributed by atoms with Crippen LogP contribution in [0.1, 0.15) is 42.3 Å². The molecule has 0 atom stereocenters. The molecule has 2 amide bonds. The van der Waals surface area contributed by atoms with E-state index in [1.807, 2.05) is 31.2 Å². The zero-order valence-corrected chi connectivity index (χ0v) is 20.0. The largest absolute Gasteiger partial charge is 0.493 e. The van der Waals surface area contributed by atoms with Gasteiger partial charge in [0.1, 0.15) is 0 Å². The molecule has 0 aliphatic rings. The number of esters is 1. The second-order valence-electron chi connectivity index (χ2n) is 8.56. The van der Waals surface area contributed by atoms with E-state index in [1.54, 1.807) is 20.8 Å². The van der Waals surface area contributed by atoms with Gasteiger partial charge in [0.15, 0.2) is 18.1 Å². The molecule has 178 valence electrons. The number of hydrogen-bond acceptors (Lipinski definition) is 6. The van der Waals surface area contributed by atoms with E-state index < -0.39 is 23.9 Å². The summed E-state index contributed by atoms with van der Waals surface area (Å²) in [5, 5.41) is 5.47. The number of anilines is 1. The number of methoxy groups -OCH3 is 2. The van der Waals surface area contributed by atoms with Gasteiger partial charge in [-0.25, -0.2) is 4.79 Å². The Kier molecular flexibility index (Phi) is 8.85. The summed E-state index contributed by atoms with van der Waals surface area (Å²) in [7, 11) is 2.88. The number of ether oxygens (including phenoxy) is 3. The van der Waals surface area contributed by atoms with Crippen molar-refractivity contribution >= 4 is 23.5 Å². The second-order valence-corrected chi connectivity index (χ2v) is 8.56. The Morgan fingerprint density at radius 3 is 2.21 bits per heavy atom. The van der Waals surface area contributed by atoms with Crippen LogP contribution < -0.4 is 20.1 Å². The lowest BCUT2D eigenvalue weighted by atomic mass is 9.95. The Labute approximate surface area is 194 Å². The van der Waals surface area contributed by atoms with Crippen LogP contribution in [0.2, 0.25) is 0 Å². The SMILES string of the molecule is COc1cc(NC(=O)C(C)(C)C)c(C(=O)OCC(=O)NCCc2ccccc2C)cc1OC. The quantitative estimate of drug-likeness (QED) is 0.560. The van der Waals surface area contributed by atoms with Crippen molar-refractivity contribution in [2.45, 2.75) is 34.1 Å². The van der Waals surface area contributed by atoms with Crippen molar-refractivity contribution in [3.63, 3.8) is 0 Å². The number of nitrogens with one attached hydrogen (secondary N) is 2. The van der Waals surface area contributed by atoms with E-state index in [-0.39, 0.29) is 17.2 Å². The average Bonchev–Trinajstić information content (AvgIpc) is 2.77. The fourth-order valence-corrected chi connectivity index (χ4v) is 2.95. The van der Waals surface area contributed by atoms with Gasteiger partial charge in [-0.15, -0.1) is 0 Å². The summed E-state index contributed by atoms with van der Waals surface area (Å²) in [6.45, 7) is 7.24. The first-order chi connectivity index (χ1) is 15.6. The lowest BCUT2D eigenvalue weighted by Gasteiger charge is -2.20. The van der Waals surface area contributed by atoms with Crippen LogP contribution in [0.15, 0.2) is 36.4 Å².